The monoisotopic (exact) mass is 291 g/mol. The van der Waals surface area contributed by atoms with E-state index in [4.69, 9.17) is 5.11 Å². The van der Waals surface area contributed by atoms with E-state index in [0.29, 0.717) is 29.6 Å². The van der Waals surface area contributed by atoms with Crippen molar-refractivity contribution in [3.05, 3.63) is 41.2 Å². The minimum Gasteiger partial charge on any atom is -0.478 e. The number of halogens is 1. The number of aliphatic carboxylic acids is 1. The molecule has 3 nitrogen and oxygen atoms in total. The largest absolute Gasteiger partial charge is 0.478 e. The van der Waals surface area contributed by atoms with Crippen molar-refractivity contribution in [1.29, 1.82) is 0 Å². The lowest BCUT2D eigenvalue weighted by Gasteiger charge is -2.38. The highest BCUT2D eigenvalue weighted by Crippen LogP contribution is 2.25. The normalized spacial score (nSPS) is 23.6. The van der Waals surface area contributed by atoms with E-state index in [1.54, 1.807) is 12.1 Å². The molecule has 2 atom stereocenters. The SMILES string of the molecule is CC1CCCN(Cc2ccc(C=CC(=O)O)cc2F)C1C. The molecule has 1 aromatic rings. The van der Waals surface area contributed by atoms with Crippen molar-refractivity contribution in [2.75, 3.05) is 6.54 Å². The first-order valence-corrected chi connectivity index (χ1v) is 7.41. The molecular weight excluding hydrogens is 269 g/mol. The Kier molecular flexibility index (Phi) is 5.12. The van der Waals surface area contributed by atoms with Gasteiger partial charge in [-0.2, -0.15) is 0 Å². The van der Waals surface area contributed by atoms with E-state index in [-0.39, 0.29) is 5.82 Å². The number of likely N-dealkylation sites (tertiary alicyclic amines) is 1. The van der Waals surface area contributed by atoms with E-state index in [1.807, 2.05) is 0 Å². The third kappa shape index (κ3) is 4.14. The summed E-state index contributed by atoms with van der Waals surface area (Å²) in [5.74, 6) is -0.664. The van der Waals surface area contributed by atoms with Crippen LogP contribution in [0.15, 0.2) is 24.3 Å². The Morgan fingerprint density at radius 3 is 2.90 bits per heavy atom. The summed E-state index contributed by atoms with van der Waals surface area (Å²) in [6.45, 7) is 6.06. The molecule has 0 saturated carbocycles. The topological polar surface area (TPSA) is 40.5 Å². The molecule has 2 unspecified atom stereocenters. The minimum atomic E-state index is -1.03. The van der Waals surface area contributed by atoms with Crippen molar-refractivity contribution in [2.45, 2.75) is 39.3 Å². The molecule has 0 aromatic heterocycles. The van der Waals surface area contributed by atoms with Gasteiger partial charge in [0.25, 0.3) is 0 Å². The van der Waals surface area contributed by atoms with Gasteiger partial charge in [0, 0.05) is 24.2 Å². The van der Waals surface area contributed by atoms with Crippen LogP contribution >= 0.6 is 0 Å². The molecule has 0 amide bonds. The maximum Gasteiger partial charge on any atom is 0.328 e. The van der Waals surface area contributed by atoms with E-state index >= 15 is 0 Å². The third-order valence-corrected chi connectivity index (χ3v) is 4.37. The van der Waals surface area contributed by atoms with Gasteiger partial charge in [-0.1, -0.05) is 19.1 Å². The predicted octanol–water partition coefficient (Wildman–Crippen LogP) is 3.54. The molecule has 21 heavy (non-hydrogen) atoms. The first-order chi connectivity index (χ1) is 9.97. The average molecular weight is 291 g/mol. The van der Waals surface area contributed by atoms with Crippen LogP contribution in [0.3, 0.4) is 0 Å². The lowest BCUT2D eigenvalue weighted by molar-refractivity contribution is -0.131. The highest BCUT2D eigenvalue weighted by atomic mass is 19.1. The van der Waals surface area contributed by atoms with Gasteiger partial charge in [0.1, 0.15) is 5.82 Å². The molecule has 1 aliphatic rings. The predicted molar refractivity (Wildman–Crippen MR) is 81.3 cm³/mol. The number of rotatable bonds is 4. The first kappa shape index (κ1) is 15.7. The van der Waals surface area contributed by atoms with E-state index in [0.717, 1.165) is 19.0 Å². The van der Waals surface area contributed by atoms with Gasteiger partial charge in [0.2, 0.25) is 0 Å². The number of hydrogen-bond acceptors (Lipinski definition) is 2. The van der Waals surface area contributed by atoms with Gasteiger partial charge < -0.3 is 5.11 Å². The van der Waals surface area contributed by atoms with Gasteiger partial charge in [0.05, 0.1) is 0 Å². The summed E-state index contributed by atoms with van der Waals surface area (Å²) in [5, 5.41) is 8.58. The summed E-state index contributed by atoms with van der Waals surface area (Å²) in [4.78, 5) is 12.8. The number of benzene rings is 1. The average Bonchev–Trinajstić information content (AvgIpc) is 2.44. The fourth-order valence-electron chi connectivity index (χ4n) is 2.83. The Morgan fingerprint density at radius 2 is 2.24 bits per heavy atom. The van der Waals surface area contributed by atoms with Gasteiger partial charge in [-0.3, -0.25) is 4.90 Å². The van der Waals surface area contributed by atoms with Gasteiger partial charge in [-0.05, 0) is 49.9 Å². The van der Waals surface area contributed by atoms with E-state index in [2.05, 4.69) is 18.7 Å². The van der Waals surface area contributed by atoms with Gasteiger partial charge in [-0.15, -0.1) is 0 Å². The summed E-state index contributed by atoms with van der Waals surface area (Å²) in [5.41, 5.74) is 1.24. The smallest absolute Gasteiger partial charge is 0.328 e. The van der Waals surface area contributed by atoms with Crippen LogP contribution in [0.2, 0.25) is 0 Å². The number of nitrogens with zero attached hydrogens (tertiary/aromatic N) is 1. The Bertz CT molecular complexity index is 542. The Morgan fingerprint density at radius 1 is 1.48 bits per heavy atom. The Hall–Kier alpha value is -1.68. The fraction of sp³-hybridized carbons (Fsp3) is 0.471. The van der Waals surface area contributed by atoms with Crippen LogP contribution in [0.1, 0.15) is 37.8 Å². The van der Waals surface area contributed by atoms with Crippen LogP contribution in [0.5, 0.6) is 0 Å². The second kappa shape index (κ2) is 6.85. The molecule has 1 heterocycles. The molecule has 0 bridgehead atoms. The number of carboxylic acids is 1. The van der Waals surface area contributed by atoms with E-state index in [9.17, 15) is 9.18 Å². The van der Waals surface area contributed by atoms with E-state index in [1.165, 1.54) is 18.6 Å². The molecule has 1 saturated heterocycles. The van der Waals surface area contributed by atoms with Crippen LogP contribution < -0.4 is 0 Å². The molecule has 1 aliphatic heterocycles. The third-order valence-electron chi connectivity index (χ3n) is 4.37. The van der Waals surface area contributed by atoms with Crippen molar-refractivity contribution in [1.82, 2.24) is 4.90 Å². The maximum absolute atomic E-state index is 14.1. The number of hydrogen-bond donors (Lipinski definition) is 1. The molecule has 1 fully saturated rings. The van der Waals surface area contributed by atoms with Crippen molar-refractivity contribution in [2.24, 2.45) is 5.92 Å². The second-order valence-corrected chi connectivity index (χ2v) is 5.85. The van der Waals surface area contributed by atoms with Gasteiger partial charge in [0.15, 0.2) is 0 Å². The van der Waals surface area contributed by atoms with Crippen molar-refractivity contribution >= 4 is 12.0 Å². The number of carboxylic acid groups (broad SMARTS) is 1. The lowest BCUT2D eigenvalue weighted by Crippen LogP contribution is -2.41. The molecule has 0 radical (unpaired) electrons. The molecular formula is C17H22FNO2. The minimum absolute atomic E-state index is 0.270. The summed E-state index contributed by atoms with van der Waals surface area (Å²) < 4.78 is 14.1. The summed E-state index contributed by atoms with van der Waals surface area (Å²) in [6, 6.07) is 5.37. The summed E-state index contributed by atoms with van der Waals surface area (Å²) in [7, 11) is 0. The first-order valence-electron chi connectivity index (χ1n) is 7.41. The highest BCUT2D eigenvalue weighted by Gasteiger charge is 2.25. The molecule has 1 N–H and O–H groups in total. The molecule has 4 heteroatoms. The van der Waals surface area contributed by atoms with Crippen molar-refractivity contribution in [3.8, 4) is 0 Å². The molecule has 0 spiro atoms. The van der Waals surface area contributed by atoms with Crippen LogP contribution in [0, 0.1) is 11.7 Å². The molecule has 0 aliphatic carbocycles. The maximum atomic E-state index is 14.1. The molecule has 114 valence electrons. The van der Waals surface area contributed by atoms with Crippen LogP contribution in [0.25, 0.3) is 6.08 Å². The van der Waals surface area contributed by atoms with Gasteiger partial charge >= 0.3 is 5.97 Å². The summed E-state index contributed by atoms with van der Waals surface area (Å²) in [6.07, 6.45) is 4.81. The zero-order valence-electron chi connectivity index (χ0n) is 12.6. The second-order valence-electron chi connectivity index (χ2n) is 5.85. The fourth-order valence-corrected chi connectivity index (χ4v) is 2.83. The standard InChI is InChI=1S/C17H22FNO2/c1-12-4-3-9-19(13(12)2)11-15-7-5-14(10-16(15)18)6-8-17(20)21/h5-8,10,12-13H,3-4,9,11H2,1-2H3,(H,20,21). The van der Waals surface area contributed by atoms with Crippen molar-refractivity contribution < 1.29 is 14.3 Å². The van der Waals surface area contributed by atoms with Gasteiger partial charge in [-0.25, -0.2) is 9.18 Å². The zero-order chi connectivity index (χ0) is 15.4. The summed E-state index contributed by atoms with van der Waals surface area (Å²) >= 11 is 0. The number of carbonyl (C=O) groups is 1. The lowest BCUT2D eigenvalue weighted by atomic mass is 9.91. The van der Waals surface area contributed by atoms with E-state index < -0.39 is 5.97 Å². The molecule has 2 rings (SSSR count). The van der Waals surface area contributed by atoms with Crippen molar-refractivity contribution in [3.63, 3.8) is 0 Å². The number of piperidine rings is 1. The van der Waals surface area contributed by atoms with Crippen LogP contribution in [-0.2, 0) is 11.3 Å². The highest BCUT2D eigenvalue weighted by molar-refractivity contribution is 5.85. The Balaban J connectivity index is 2.09. The van der Waals surface area contributed by atoms with Crippen LogP contribution in [-0.4, -0.2) is 28.6 Å². The van der Waals surface area contributed by atoms with Crippen LogP contribution in [0.4, 0.5) is 4.39 Å². The quantitative estimate of drug-likeness (QED) is 0.863. The molecule has 1 aromatic carbocycles. The Labute approximate surface area is 125 Å². The zero-order valence-corrected chi connectivity index (χ0v) is 12.6.